The Hall–Kier alpha value is -2.29. The first-order valence-corrected chi connectivity index (χ1v) is 9.28. The molecule has 3 N–H and O–H groups in total. The van der Waals surface area contributed by atoms with Crippen LogP contribution in [0.5, 0.6) is 0 Å². The van der Waals surface area contributed by atoms with E-state index in [9.17, 15) is 17.6 Å². The van der Waals surface area contributed by atoms with Gasteiger partial charge in [0, 0.05) is 11.2 Å². The zero-order valence-corrected chi connectivity index (χ0v) is 14.0. The van der Waals surface area contributed by atoms with E-state index in [0.717, 1.165) is 10.9 Å². The minimum Gasteiger partial charge on any atom is -0.347 e. The molecular formula is C16H13FN2O3S2. The third kappa shape index (κ3) is 3.61. The maximum absolute atomic E-state index is 13.2. The quantitative estimate of drug-likeness (QED) is 0.746. The SMILES string of the molecule is NS(=O)(=O)c1ccc(CNC(=O)c2cc3ccc(F)cc3s2)cc1. The largest absolute Gasteiger partial charge is 0.347 e. The molecule has 8 heteroatoms. The summed E-state index contributed by atoms with van der Waals surface area (Å²) in [5, 5.41) is 8.59. The number of benzene rings is 2. The Kier molecular flexibility index (Phi) is 4.35. The highest BCUT2D eigenvalue weighted by atomic mass is 32.2. The summed E-state index contributed by atoms with van der Waals surface area (Å²) in [5.41, 5.74) is 0.739. The van der Waals surface area contributed by atoms with Gasteiger partial charge in [-0.2, -0.15) is 0 Å². The molecule has 0 aliphatic heterocycles. The summed E-state index contributed by atoms with van der Waals surface area (Å²) in [6.45, 7) is 0.242. The average molecular weight is 364 g/mol. The highest BCUT2D eigenvalue weighted by Crippen LogP contribution is 2.26. The van der Waals surface area contributed by atoms with E-state index in [1.54, 1.807) is 24.3 Å². The minimum atomic E-state index is -3.73. The molecule has 0 fully saturated rings. The summed E-state index contributed by atoms with van der Waals surface area (Å²) in [7, 11) is -3.73. The van der Waals surface area contributed by atoms with Gasteiger partial charge >= 0.3 is 0 Å². The van der Waals surface area contributed by atoms with Gasteiger partial charge < -0.3 is 5.32 Å². The van der Waals surface area contributed by atoms with Gasteiger partial charge in [-0.05, 0) is 41.3 Å². The predicted octanol–water partition coefficient (Wildman–Crippen LogP) is 2.62. The molecule has 0 atom stereocenters. The number of sulfonamides is 1. The number of hydrogen-bond donors (Lipinski definition) is 2. The monoisotopic (exact) mass is 364 g/mol. The van der Waals surface area contributed by atoms with Crippen molar-refractivity contribution in [3.63, 3.8) is 0 Å². The molecular weight excluding hydrogens is 351 g/mol. The van der Waals surface area contributed by atoms with Crippen LogP contribution >= 0.6 is 11.3 Å². The number of carbonyl (C=O) groups excluding carboxylic acids is 1. The number of thiophene rings is 1. The van der Waals surface area contributed by atoms with Crippen LogP contribution in [0.15, 0.2) is 53.4 Å². The second kappa shape index (κ2) is 6.31. The fourth-order valence-electron chi connectivity index (χ4n) is 2.18. The summed E-state index contributed by atoms with van der Waals surface area (Å²) in [4.78, 5) is 12.7. The fourth-order valence-corrected chi connectivity index (χ4v) is 3.70. The van der Waals surface area contributed by atoms with Crippen LogP contribution in [0.2, 0.25) is 0 Å². The van der Waals surface area contributed by atoms with Gasteiger partial charge in [0.05, 0.1) is 9.77 Å². The molecule has 2 aromatic carbocycles. The Labute approximate surface area is 142 Å². The number of halogens is 1. The maximum atomic E-state index is 13.2. The van der Waals surface area contributed by atoms with Crippen molar-refractivity contribution >= 4 is 37.4 Å². The smallest absolute Gasteiger partial charge is 0.261 e. The van der Waals surface area contributed by atoms with E-state index in [1.165, 1.54) is 35.6 Å². The molecule has 0 unspecified atom stereocenters. The van der Waals surface area contributed by atoms with Crippen molar-refractivity contribution in [2.45, 2.75) is 11.4 Å². The van der Waals surface area contributed by atoms with E-state index >= 15 is 0 Å². The summed E-state index contributed by atoms with van der Waals surface area (Å²) in [6, 6.07) is 12.0. The Bertz CT molecular complexity index is 1010. The molecule has 5 nitrogen and oxygen atoms in total. The van der Waals surface area contributed by atoms with E-state index in [1.807, 2.05) is 0 Å². The lowest BCUT2D eigenvalue weighted by Crippen LogP contribution is -2.21. The second-order valence-corrected chi connectivity index (χ2v) is 7.81. The van der Waals surface area contributed by atoms with Gasteiger partial charge in [0.15, 0.2) is 0 Å². The second-order valence-electron chi connectivity index (χ2n) is 5.16. The van der Waals surface area contributed by atoms with E-state index in [2.05, 4.69) is 5.32 Å². The van der Waals surface area contributed by atoms with Crippen LogP contribution in [0.1, 0.15) is 15.2 Å². The van der Waals surface area contributed by atoms with Crippen molar-refractivity contribution in [2.24, 2.45) is 5.14 Å². The molecule has 0 saturated carbocycles. The summed E-state index contributed by atoms with van der Waals surface area (Å²) in [5.74, 6) is -0.613. The van der Waals surface area contributed by atoms with E-state index < -0.39 is 10.0 Å². The summed E-state index contributed by atoms with van der Waals surface area (Å²) < 4.78 is 36.3. The van der Waals surface area contributed by atoms with Crippen LogP contribution < -0.4 is 10.5 Å². The number of nitrogens with one attached hydrogen (secondary N) is 1. The lowest BCUT2D eigenvalue weighted by atomic mass is 10.2. The van der Waals surface area contributed by atoms with Crippen LogP contribution in [0, 0.1) is 5.82 Å². The highest BCUT2D eigenvalue weighted by Gasteiger charge is 2.11. The van der Waals surface area contributed by atoms with Crippen molar-refractivity contribution in [2.75, 3.05) is 0 Å². The van der Waals surface area contributed by atoms with Crippen LogP contribution in [-0.2, 0) is 16.6 Å². The van der Waals surface area contributed by atoms with E-state index in [-0.39, 0.29) is 23.2 Å². The van der Waals surface area contributed by atoms with Gasteiger partial charge in [-0.3, -0.25) is 4.79 Å². The number of fused-ring (bicyclic) bond motifs is 1. The van der Waals surface area contributed by atoms with Gasteiger partial charge in [-0.15, -0.1) is 11.3 Å². The molecule has 3 rings (SSSR count). The number of nitrogens with two attached hydrogens (primary N) is 1. The zero-order chi connectivity index (χ0) is 17.3. The van der Waals surface area contributed by atoms with Crippen LogP contribution in [0.25, 0.3) is 10.1 Å². The molecule has 0 saturated heterocycles. The fraction of sp³-hybridized carbons (Fsp3) is 0.0625. The Morgan fingerprint density at radius 1 is 1.12 bits per heavy atom. The molecule has 0 bridgehead atoms. The minimum absolute atomic E-state index is 0.0177. The molecule has 0 spiro atoms. The first kappa shape index (κ1) is 16.6. The van der Waals surface area contributed by atoms with Crippen LogP contribution in [0.3, 0.4) is 0 Å². The van der Waals surface area contributed by atoms with E-state index in [0.29, 0.717) is 9.58 Å². The van der Waals surface area contributed by atoms with Crippen molar-refractivity contribution in [1.82, 2.24) is 5.32 Å². The zero-order valence-electron chi connectivity index (χ0n) is 12.3. The highest BCUT2D eigenvalue weighted by molar-refractivity contribution is 7.89. The molecule has 1 amide bonds. The third-order valence-electron chi connectivity index (χ3n) is 3.41. The maximum Gasteiger partial charge on any atom is 0.261 e. The van der Waals surface area contributed by atoms with Crippen molar-refractivity contribution in [1.29, 1.82) is 0 Å². The number of carbonyl (C=O) groups is 1. The molecule has 124 valence electrons. The first-order chi connectivity index (χ1) is 11.3. The molecule has 1 aromatic heterocycles. The number of rotatable bonds is 4. The first-order valence-electron chi connectivity index (χ1n) is 6.92. The predicted molar refractivity (Wildman–Crippen MR) is 90.8 cm³/mol. The van der Waals surface area contributed by atoms with Gasteiger partial charge in [0.1, 0.15) is 5.82 Å². The van der Waals surface area contributed by atoms with Gasteiger partial charge in [0.25, 0.3) is 5.91 Å². The van der Waals surface area contributed by atoms with Gasteiger partial charge in [-0.1, -0.05) is 18.2 Å². The normalized spacial score (nSPS) is 11.6. The van der Waals surface area contributed by atoms with E-state index in [4.69, 9.17) is 5.14 Å². The molecule has 24 heavy (non-hydrogen) atoms. The van der Waals surface area contributed by atoms with Gasteiger partial charge in [0.2, 0.25) is 10.0 Å². The molecule has 0 aliphatic carbocycles. The summed E-state index contributed by atoms with van der Waals surface area (Å²) in [6.07, 6.45) is 0. The molecule has 0 radical (unpaired) electrons. The van der Waals surface area contributed by atoms with Crippen molar-refractivity contribution in [3.05, 3.63) is 64.8 Å². The standard InChI is InChI=1S/C16H13FN2O3S2/c17-12-4-3-11-7-15(23-14(11)8-12)16(20)19-9-10-1-5-13(6-2-10)24(18,21)22/h1-8H,9H2,(H,19,20)(H2,18,21,22). The van der Waals surface area contributed by atoms with Crippen LogP contribution in [-0.4, -0.2) is 14.3 Å². The average Bonchev–Trinajstić information content (AvgIpc) is 2.95. The Morgan fingerprint density at radius 2 is 1.83 bits per heavy atom. The third-order valence-corrected chi connectivity index (χ3v) is 5.44. The lowest BCUT2D eigenvalue weighted by molar-refractivity contribution is 0.0955. The Morgan fingerprint density at radius 3 is 2.50 bits per heavy atom. The number of primary sulfonamides is 1. The molecule has 3 aromatic rings. The number of amides is 1. The van der Waals surface area contributed by atoms with Gasteiger partial charge in [-0.25, -0.2) is 17.9 Å². The lowest BCUT2D eigenvalue weighted by Gasteiger charge is -2.05. The summed E-state index contributed by atoms with van der Waals surface area (Å²) >= 11 is 1.21. The van der Waals surface area contributed by atoms with Crippen molar-refractivity contribution < 1.29 is 17.6 Å². The van der Waals surface area contributed by atoms with Crippen molar-refractivity contribution in [3.8, 4) is 0 Å². The number of hydrogen-bond acceptors (Lipinski definition) is 4. The van der Waals surface area contributed by atoms with Crippen LogP contribution in [0.4, 0.5) is 4.39 Å². The molecule has 0 aliphatic rings. The topological polar surface area (TPSA) is 89.3 Å². The Balaban J connectivity index is 1.70. The molecule has 1 heterocycles.